The van der Waals surface area contributed by atoms with E-state index in [1.807, 2.05) is 30.5 Å². The highest BCUT2D eigenvalue weighted by atomic mass is 15.3. The summed E-state index contributed by atoms with van der Waals surface area (Å²) in [6.07, 6.45) is 1.86. The lowest BCUT2D eigenvalue weighted by Gasteiger charge is -2.36. The van der Waals surface area contributed by atoms with Crippen LogP contribution in [0.25, 0.3) is 0 Å². The predicted molar refractivity (Wildman–Crippen MR) is 73.9 cm³/mol. The van der Waals surface area contributed by atoms with Gasteiger partial charge in [0, 0.05) is 38.1 Å². The molecule has 3 heteroatoms. The van der Waals surface area contributed by atoms with Gasteiger partial charge in [0.1, 0.15) is 5.82 Å². The molecule has 0 N–H and O–H groups in total. The van der Waals surface area contributed by atoms with Crippen LogP contribution in [-0.4, -0.2) is 31.2 Å². The summed E-state index contributed by atoms with van der Waals surface area (Å²) < 4.78 is 0. The van der Waals surface area contributed by atoms with Crippen LogP contribution in [0.1, 0.15) is 0 Å². The third kappa shape index (κ3) is 2.30. The van der Waals surface area contributed by atoms with E-state index in [4.69, 9.17) is 0 Å². The van der Waals surface area contributed by atoms with Crippen LogP contribution in [0, 0.1) is 6.07 Å². The molecule has 1 aromatic carbocycles. The summed E-state index contributed by atoms with van der Waals surface area (Å²) in [6, 6.07) is 17.4. The van der Waals surface area contributed by atoms with Crippen LogP contribution in [0.2, 0.25) is 0 Å². The van der Waals surface area contributed by atoms with Crippen LogP contribution in [0.5, 0.6) is 0 Å². The maximum atomic E-state index is 4.40. The standard InChI is InChI=1S/C15H16N3/c1-2-6-14(7-3-1)17-10-12-18(13-11-17)15-8-4-5-9-16-15/h1-2,4-9H,10-13H2. The molecule has 0 atom stereocenters. The second kappa shape index (κ2) is 5.08. The Kier molecular flexibility index (Phi) is 3.13. The zero-order valence-electron chi connectivity index (χ0n) is 10.3. The summed E-state index contributed by atoms with van der Waals surface area (Å²) >= 11 is 0. The van der Waals surface area contributed by atoms with Gasteiger partial charge in [0.15, 0.2) is 0 Å². The first-order valence-corrected chi connectivity index (χ1v) is 6.30. The minimum absolute atomic E-state index is 1.02. The molecule has 0 amide bonds. The molecule has 0 aliphatic carbocycles. The van der Waals surface area contributed by atoms with Gasteiger partial charge in [-0.1, -0.05) is 18.2 Å². The quantitative estimate of drug-likeness (QED) is 0.799. The van der Waals surface area contributed by atoms with Crippen molar-refractivity contribution >= 4 is 11.5 Å². The van der Waals surface area contributed by atoms with Gasteiger partial charge >= 0.3 is 0 Å². The molecule has 0 spiro atoms. The van der Waals surface area contributed by atoms with Crippen LogP contribution in [0.15, 0.2) is 48.7 Å². The van der Waals surface area contributed by atoms with Crippen molar-refractivity contribution in [2.75, 3.05) is 36.0 Å². The smallest absolute Gasteiger partial charge is 0.128 e. The van der Waals surface area contributed by atoms with Gasteiger partial charge < -0.3 is 9.80 Å². The van der Waals surface area contributed by atoms with E-state index in [1.165, 1.54) is 5.69 Å². The van der Waals surface area contributed by atoms with Crippen molar-refractivity contribution in [1.29, 1.82) is 0 Å². The molecule has 1 aliphatic rings. The van der Waals surface area contributed by atoms with Gasteiger partial charge in [-0.15, -0.1) is 0 Å². The highest BCUT2D eigenvalue weighted by Crippen LogP contribution is 2.18. The van der Waals surface area contributed by atoms with E-state index in [9.17, 15) is 0 Å². The van der Waals surface area contributed by atoms with Crippen molar-refractivity contribution in [2.45, 2.75) is 0 Å². The number of nitrogens with zero attached hydrogens (tertiary/aromatic N) is 3. The second-order valence-electron chi connectivity index (χ2n) is 4.42. The molecule has 1 aliphatic heterocycles. The van der Waals surface area contributed by atoms with Crippen molar-refractivity contribution in [3.8, 4) is 0 Å². The Morgan fingerprint density at radius 1 is 0.944 bits per heavy atom. The Hall–Kier alpha value is -2.03. The maximum Gasteiger partial charge on any atom is 0.128 e. The van der Waals surface area contributed by atoms with Gasteiger partial charge in [0.05, 0.1) is 0 Å². The molecule has 3 nitrogen and oxygen atoms in total. The zero-order valence-corrected chi connectivity index (χ0v) is 10.3. The fraction of sp³-hybridized carbons (Fsp3) is 0.267. The van der Waals surface area contributed by atoms with Crippen molar-refractivity contribution in [3.05, 3.63) is 54.7 Å². The number of hydrogen-bond donors (Lipinski definition) is 0. The average Bonchev–Trinajstić information content (AvgIpc) is 2.49. The number of anilines is 2. The SMILES string of the molecule is [c]1cccc(N2CCN(c3ccccn3)CC2)c1. The summed E-state index contributed by atoms with van der Waals surface area (Å²) in [5, 5.41) is 0. The third-order valence-corrected chi connectivity index (χ3v) is 3.31. The maximum absolute atomic E-state index is 4.40. The Morgan fingerprint density at radius 2 is 1.78 bits per heavy atom. The average molecular weight is 238 g/mol. The fourth-order valence-electron chi connectivity index (χ4n) is 2.32. The molecule has 3 rings (SSSR count). The number of piperazine rings is 1. The Balaban J connectivity index is 1.65. The van der Waals surface area contributed by atoms with Crippen molar-refractivity contribution in [2.24, 2.45) is 0 Å². The number of benzene rings is 1. The molecule has 91 valence electrons. The predicted octanol–water partition coefficient (Wildman–Crippen LogP) is 2.21. The molecule has 1 radical (unpaired) electrons. The van der Waals surface area contributed by atoms with Crippen LogP contribution in [0.3, 0.4) is 0 Å². The van der Waals surface area contributed by atoms with E-state index in [2.05, 4.69) is 39.0 Å². The van der Waals surface area contributed by atoms with Crippen molar-refractivity contribution < 1.29 is 0 Å². The van der Waals surface area contributed by atoms with E-state index in [1.54, 1.807) is 0 Å². The van der Waals surface area contributed by atoms with E-state index < -0.39 is 0 Å². The van der Waals surface area contributed by atoms with Gasteiger partial charge in [-0.3, -0.25) is 0 Å². The summed E-state index contributed by atoms with van der Waals surface area (Å²) in [5.74, 6) is 1.08. The topological polar surface area (TPSA) is 19.4 Å². The number of aromatic nitrogens is 1. The summed E-state index contributed by atoms with van der Waals surface area (Å²) in [6.45, 7) is 4.11. The van der Waals surface area contributed by atoms with Gasteiger partial charge in [-0.25, -0.2) is 4.98 Å². The Bertz CT molecular complexity index is 428. The van der Waals surface area contributed by atoms with E-state index >= 15 is 0 Å². The molecule has 2 aromatic rings. The van der Waals surface area contributed by atoms with Crippen LogP contribution < -0.4 is 9.80 Å². The summed E-state index contributed by atoms with van der Waals surface area (Å²) in [7, 11) is 0. The highest BCUT2D eigenvalue weighted by molar-refractivity contribution is 5.48. The fourth-order valence-corrected chi connectivity index (χ4v) is 2.32. The van der Waals surface area contributed by atoms with Crippen molar-refractivity contribution in [3.63, 3.8) is 0 Å². The van der Waals surface area contributed by atoms with Gasteiger partial charge in [0.2, 0.25) is 0 Å². The molecule has 18 heavy (non-hydrogen) atoms. The molecule has 0 saturated carbocycles. The monoisotopic (exact) mass is 238 g/mol. The van der Waals surface area contributed by atoms with E-state index in [0.29, 0.717) is 0 Å². The minimum atomic E-state index is 1.02. The van der Waals surface area contributed by atoms with Gasteiger partial charge in [0.25, 0.3) is 0 Å². The number of rotatable bonds is 2. The zero-order chi connectivity index (χ0) is 12.2. The molecule has 1 saturated heterocycles. The lowest BCUT2D eigenvalue weighted by molar-refractivity contribution is 0.647. The molecular weight excluding hydrogens is 222 g/mol. The molecule has 0 bridgehead atoms. The van der Waals surface area contributed by atoms with E-state index in [0.717, 1.165) is 32.0 Å². The second-order valence-corrected chi connectivity index (χ2v) is 4.42. The van der Waals surface area contributed by atoms with Gasteiger partial charge in [-0.2, -0.15) is 0 Å². The molecule has 1 fully saturated rings. The Morgan fingerprint density at radius 3 is 2.44 bits per heavy atom. The largest absolute Gasteiger partial charge is 0.368 e. The van der Waals surface area contributed by atoms with Crippen LogP contribution >= 0.6 is 0 Å². The number of pyridine rings is 1. The summed E-state index contributed by atoms with van der Waals surface area (Å²) in [5.41, 5.74) is 1.26. The van der Waals surface area contributed by atoms with Crippen LogP contribution in [-0.2, 0) is 0 Å². The lowest BCUT2D eigenvalue weighted by Crippen LogP contribution is -2.46. The van der Waals surface area contributed by atoms with Crippen LogP contribution in [0.4, 0.5) is 11.5 Å². The first-order valence-electron chi connectivity index (χ1n) is 6.30. The normalized spacial score (nSPS) is 15.8. The summed E-state index contributed by atoms with van der Waals surface area (Å²) in [4.78, 5) is 9.14. The lowest BCUT2D eigenvalue weighted by atomic mass is 10.2. The highest BCUT2D eigenvalue weighted by Gasteiger charge is 2.17. The third-order valence-electron chi connectivity index (χ3n) is 3.31. The Labute approximate surface area is 108 Å². The molecule has 1 aromatic heterocycles. The number of hydrogen-bond acceptors (Lipinski definition) is 3. The van der Waals surface area contributed by atoms with E-state index in [-0.39, 0.29) is 0 Å². The van der Waals surface area contributed by atoms with Gasteiger partial charge in [-0.05, 0) is 30.3 Å². The minimum Gasteiger partial charge on any atom is -0.368 e. The van der Waals surface area contributed by atoms with Crippen molar-refractivity contribution in [1.82, 2.24) is 4.98 Å². The molecular formula is C15H16N3. The molecule has 0 unspecified atom stereocenters. The first-order chi connectivity index (χ1) is 8.93. The molecule has 2 heterocycles. The first kappa shape index (κ1) is 11.1.